The second-order valence-corrected chi connectivity index (χ2v) is 3.10. The smallest absolute Gasteiger partial charge is 0.0641 e. The van der Waals surface area contributed by atoms with Gasteiger partial charge in [-0.1, -0.05) is 13.8 Å². The van der Waals surface area contributed by atoms with Gasteiger partial charge in [0, 0.05) is 6.20 Å². The SMILES string of the molecule is CC(C)c1cnn(CCC#N)c1. The topological polar surface area (TPSA) is 41.6 Å². The van der Waals surface area contributed by atoms with Gasteiger partial charge in [0.2, 0.25) is 0 Å². The molecule has 64 valence electrons. The van der Waals surface area contributed by atoms with Gasteiger partial charge in [0.15, 0.2) is 0 Å². The molecular weight excluding hydrogens is 150 g/mol. The summed E-state index contributed by atoms with van der Waals surface area (Å²) < 4.78 is 1.82. The van der Waals surface area contributed by atoms with Gasteiger partial charge in [0.1, 0.15) is 0 Å². The molecule has 1 rings (SSSR count). The van der Waals surface area contributed by atoms with E-state index in [9.17, 15) is 0 Å². The van der Waals surface area contributed by atoms with Crippen molar-refractivity contribution < 1.29 is 0 Å². The Labute approximate surface area is 72.6 Å². The molecule has 0 amide bonds. The molecular formula is C9H13N3. The molecule has 1 aromatic rings. The van der Waals surface area contributed by atoms with Crippen molar-refractivity contribution in [3.8, 4) is 6.07 Å². The predicted molar refractivity (Wildman–Crippen MR) is 46.5 cm³/mol. The molecule has 0 unspecified atom stereocenters. The van der Waals surface area contributed by atoms with Gasteiger partial charge in [-0.15, -0.1) is 0 Å². The summed E-state index contributed by atoms with van der Waals surface area (Å²) in [5.74, 6) is 0.515. The molecule has 0 saturated heterocycles. The van der Waals surface area contributed by atoms with E-state index in [1.807, 2.05) is 17.1 Å². The number of hydrogen-bond acceptors (Lipinski definition) is 2. The van der Waals surface area contributed by atoms with E-state index in [1.165, 1.54) is 5.56 Å². The fourth-order valence-corrected chi connectivity index (χ4v) is 0.965. The van der Waals surface area contributed by atoms with Gasteiger partial charge < -0.3 is 0 Å². The molecule has 0 saturated carbocycles. The number of nitrogens with zero attached hydrogens (tertiary/aromatic N) is 3. The van der Waals surface area contributed by atoms with Crippen LogP contribution in [0.2, 0.25) is 0 Å². The molecule has 0 aromatic carbocycles. The van der Waals surface area contributed by atoms with Gasteiger partial charge in [0.25, 0.3) is 0 Å². The lowest BCUT2D eigenvalue weighted by Crippen LogP contribution is -1.96. The molecule has 1 heterocycles. The zero-order chi connectivity index (χ0) is 8.97. The molecule has 0 aliphatic rings. The first-order chi connectivity index (χ1) is 5.74. The Morgan fingerprint density at radius 3 is 2.92 bits per heavy atom. The molecule has 0 N–H and O–H groups in total. The zero-order valence-electron chi connectivity index (χ0n) is 7.49. The third-order valence-corrected chi connectivity index (χ3v) is 1.77. The van der Waals surface area contributed by atoms with Crippen molar-refractivity contribution in [3.63, 3.8) is 0 Å². The number of rotatable bonds is 3. The quantitative estimate of drug-likeness (QED) is 0.683. The Morgan fingerprint density at radius 2 is 2.42 bits per heavy atom. The number of hydrogen-bond donors (Lipinski definition) is 0. The second-order valence-electron chi connectivity index (χ2n) is 3.10. The minimum atomic E-state index is 0.515. The van der Waals surface area contributed by atoms with Crippen molar-refractivity contribution in [3.05, 3.63) is 18.0 Å². The molecule has 3 nitrogen and oxygen atoms in total. The monoisotopic (exact) mass is 163 g/mol. The van der Waals surface area contributed by atoms with Gasteiger partial charge in [0.05, 0.1) is 25.2 Å². The molecule has 12 heavy (non-hydrogen) atoms. The summed E-state index contributed by atoms with van der Waals surface area (Å²) in [6.45, 7) is 4.96. The highest BCUT2D eigenvalue weighted by Gasteiger charge is 2.01. The largest absolute Gasteiger partial charge is 0.271 e. The average Bonchev–Trinajstić information content (AvgIpc) is 2.48. The summed E-state index contributed by atoms with van der Waals surface area (Å²) in [5.41, 5.74) is 1.23. The van der Waals surface area contributed by atoms with Crippen molar-refractivity contribution in [2.45, 2.75) is 32.7 Å². The van der Waals surface area contributed by atoms with Crippen LogP contribution in [0.4, 0.5) is 0 Å². The maximum atomic E-state index is 8.35. The maximum Gasteiger partial charge on any atom is 0.0641 e. The van der Waals surface area contributed by atoms with E-state index in [0.717, 1.165) is 0 Å². The first-order valence-electron chi connectivity index (χ1n) is 4.13. The van der Waals surface area contributed by atoms with Crippen LogP contribution in [0.25, 0.3) is 0 Å². The van der Waals surface area contributed by atoms with Crippen LogP contribution in [0, 0.1) is 11.3 Å². The van der Waals surface area contributed by atoms with Crippen LogP contribution < -0.4 is 0 Å². The summed E-state index contributed by atoms with van der Waals surface area (Å²) in [6.07, 6.45) is 4.39. The molecule has 1 aromatic heterocycles. The Hall–Kier alpha value is -1.30. The highest BCUT2D eigenvalue weighted by atomic mass is 15.3. The summed E-state index contributed by atoms with van der Waals surface area (Å²) in [7, 11) is 0. The van der Waals surface area contributed by atoms with Crippen LogP contribution >= 0.6 is 0 Å². The van der Waals surface area contributed by atoms with Gasteiger partial charge in [-0.2, -0.15) is 10.4 Å². The van der Waals surface area contributed by atoms with Crippen molar-refractivity contribution in [1.82, 2.24) is 9.78 Å². The summed E-state index contributed by atoms with van der Waals surface area (Å²) in [6, 6.07) is 2.09. The van der Waals surface area contributed by atoms with E-state index < -0.39 is 0 Å². The van der Waals surface area contributed by atoms with Crippen molar-refractivity contribution in [2.75, 3.05) is 0 Å². The Morgan fingerprint density at radius 1 is 1.67 bits per heavy atom. The number of aryl methyl sites for hydroxylation is 1. The number of aromatic nitrogens is 2. The highest BCUT2D eigenvalue weighted by Crippen LogP contribution is 2.11. The lowest BCUT2D eigenvalue weighted by molar-refractivity contribution is 0.626. The molecule has 0 fully saturated rings. The molecule has 0 aliphatic heterocycles. The van der Waals surface area contributed by atoms with Crippen molar-refractivity contribution >= 4 is 0 Å². The van der Waals surface area contributed by atoms with Crippen LogP contribution in [0.5, 0.6) is 0 Å². The lowest BCUT2D eigenvalue weighted by Gasteiger charge is -1.97. The first-order valence-corrected chi connectivity index (χ1v) is 4.13. The maximum absolute atomic E-state index is 8.35. The van der Waals surface area contributed by atoms with Crippen LogP contribution in [0.3, 0.4) is 0 Å². The minimum Gasteiger partial charge on any atom is -0.271 e. The van der Waals surface area contributed by atoms with Crippen LogP contribution in [0.15, 0.2) is 12.4 Å². The van der Waals surface area contributed by atoms with E-state index in [2.05, 4.69) is 25.0 Å². The second kappa shape index (κ2) is 3.91. The van der Waals surface area contributed by atoms with E-state index in [1.54, 1.807) is 0 Å². The van der Waals surface area contributed by atoms with E-state index in [-0.39, 0.29) is 0 Å². The Bertz CT molecular complexity index is 280. The van der Waals surface area contributed by atoms with Gasteiger partial charge in [-0.05, 0) is 11.5 Å². The summed E-state index contributed by atoms with van der Waals surface area (Å²) in [5, 5.41) is 12.5. The van der Waals surface area contributed by atoms with Gasteiger partial charge >= 0.3 is 0 Å². The van der Waals surface area contributed by atoms with Crippen molar-refractivity contribution in [2.24, 2.45) is 0 Å². The van der Waals surface area contributed by atoms with E-state index >= 15 is 0 Å². The zero-order valence-corrected chi connectivity index (χ0v) is 7.49. The molecule has 0 spiro atoms. The highest BCUT2D eigenvalue weighted by molar-refractivity contribution is 5.08. The third kappa shape index (κ3) is 2.09. The number of nitriles is 1. The van der Waals surface area contributed by atoms with E-state index in [4.69, 9.17) is 5.26 Å². The predicted octanol–water partition coefficient (Wildman–Crippen LogP) is 1.92. The fourth-order valence-electron chi connectivity index (χ4n) is 0.965. The normalized spacial score (nSPS) is 10.2. The van der Waals surface area contributed by atoms with Gasteiger partial charge in [-0.25, -0.2) is 0 Å². The summed E-state index contributed by atoms with van der Waals surface area (Å²) in [4.78, 5) is 0. The van der Waals surface area contributed by atoms with E-state index in [0.29, 0.717) is 18.9 Å². The van der Waals surface area contributed by atoms with Crippen molar-refractivity contribution in [1.29, 1.82) is 5.26 Å². The van der Waals surface area contributed by atoms with Crippen LogP contribution in [0.1, 0.15) is 31.7 Å². The standard InChI is InChI=1S/C9H13N3/c1-8(2)9-6-11-12(7-9)5-3-4-10/h6-8H,3,5H2,1-2H3. The lowest BCUT2D eigenvalue weighted by atomic mass is 10.1. The average molecular weight is 163 g/mol. The molecule has 0 radical (unpaired) electrons. The van der Waals surface area contributed by atoms with Crippen LogP contribution in [-0.2, 0) is 6.54 Å². The molecule has 3 heteroatoms. The Balaban J connectivity index is 2.59. The third-order valence-electron chi connectivity index (χ3n) is 1.77. The van der Waals surface area contributed by atoms with Gasteiger partial charge in [-0.3, -0.25) is 4.68 Å². The minimum absolute atomic E-state index is 0.515. The molecule has 0 atom stereocenters. The summed E-state index contributed by atoms with van der Waals surface area (Å²) >= 11 is 0. The molecule has 0 aliphatic carbocycles. The van der Waals surface area contributed by atoms with Crippen LogP contribution in [-0.4, -0.2) is 9.78 Å². The Kier molecular flexibility index (Phi) is 2.87. The first kappa shape index (κ1) is 8.79. The molecule has 0 bridgehead atoms. The fraction of sp³-hybridized carbons (Fsp3) is 0.556.